The van der Waals surface area contributed by atoms with Gasteiger partial charge in [-0.25, -0.2) is 4.39 Å². The summed E-state index contributed by atoms with van der Waals surface area (Å²) in [6.07, 6.45) is 5.99. The fourth-order valence-corrected chi connectivity index (χ4v) is 4.69. The Hall–Kier alpha value is -3.79. The normalized spacial score (nSPS) is 10.3. The van der Waals surface area contributed by atoms with Crippen molar-refractivity contribution >= 4 is 86.7 Å². The number of nitro benzene ring substituents is 2. The van der Waals surface area contributed by atoms with Crippen molar-refractivity contribution in [2.45, 2.75) is 0 Å². The second-order valence-corrected chi connectivity index (χ2v) is 9.91. The van der Waals surface area contributed by atoms with E-state index < -0.39 is 15.7 Å². The number of nitrogens with zero attached hydrogens (tertiary/aromatic N) is 8. The summed E-state index contributed by atoms with van der Waals surface area (Å²) < 4.78 is 12.7. The van der Waals surface area contributed by atoms with E-state index in [0.29, 0.717) is 27.1 Å². The van der Waals surface area contributed by atoms with Crippen LogP contribution in [0.3, 0.4) is 0 Å². The number of anilines is 1. The number of benzene rings is 3. The summed E-state index contributed by atoms with van der Waals surface area (Å²) in [5.41, 5.74) is 6.42. The van der Waals surface area contributed by atoms with Crippen molar-refractivity contribution in [3.8, 4) is 11.4 Å². The van der Waals surface area contributed by atoms with Crippen LogP contribution in [-0.4, -0.2) is 39.8 Å². The van der Waals surface area contributed by atoms with Crippen LogP contribution >= 0.6 is 69.6 Å². The number of nitrogens with two attached hydrogens (primary N) is 1. The number of non-ortho nitro benzene ring substituents is 2. The summed E-state index contributed by atoms with van der Waals surface area (Å²) in [6.45, 7) is 0. The molecule has 0 saturated carbocycles. The lowest BCUT2D eigenvalue weighted by Crippen LogP contribution is -2.01. The van der Waals surface area contributed by atoms with Gasteiger partial charge in [-0.1, -0.05) is 69.6 Å². The Morgan fingerprint density at radius 1 is 0.595 bits per heavy atom. The summed E-state index contributed by atoms with van der Waals surface area (Å²) in [6, 6.07) is 7.42. The zero-order chi connectivity index (χ0) is 31.1. The quantitative estimate of drug-likeness (QED) is 0.0855. The average Bonchev–Trinajstić information content (AvgIpc) is 3.62. The third-order valence-corrected chi connectivity index (χ3v) is 6.37. The molecule has 0 aliphatic carbocycles. The Morgan fingerprint density at radius 2 is 0.881 bits per heavy atom. The van der Waals surface area contributed by atoms with Crippen LogP contribution in [0.25, 0.3) is 11.4 Å². The first kappa shape index (κ1) is 32.7. The molecule has 3 aromatic carbocycles. The van der Waals surface area contributed by atoms with E-state index in [1.165, 1.54) is 34.1 Å². The summed E-state index contributed by atoms with van der Waals surface area (Å²) in [5.74, 6) is -0.844. The lowest BCUT2D eigenvalue weighted by Gasteiger charge is -2.06. The molecule has 218 valence electrons. The Morgan fingerprint density at radius 3 is 1.19 bits per heavy atom. The second kappa shape index (κ2) is 14.4. The highest BCUT2D eigenvalue weighted by atomic mass is 35.5. The van der Waals surface area contributed by atoms with Gasteiger partial charge in [-0.2, -0.15) is 20.4 Å². The molecule has 0 radical (unpaired) electrons. The predicted molar refractivity (Wildman–Crippen MR) is 157 cm³/mol. The fourth-order valence-electron chi connectivity index (χ4n) is 2.93. The largest absolute Gasteiger partial charge is 0.399 e. The third kappa shape index (κ3) is 8.15. The molecule has 0 atom stereocenters. The maximum absolute atomic E-state index is 12.7. The zero-order valence-electron chi connectivity index (χ0n) is 20.2. The summed E-state index contributed by atoms with van der Waals surface area (Å²) in [5, 5.41) is 36.7. The maximum atomic E-state index is 12.7. The van der Waals surface area contributed by atoms with Crippen LogP contribution in [-0.2, 0) is 0 Å². The fraction of sp³-hybridized carbons (Fsp3) is 0. The third-order valence-electron chi connectivity index (χ3n) is 4.67. The second-order valence-electron chi connectivity index (χ2n) is 7.47. The first-order chi connectivity index (χ1) is 19.8. The van der Waals surface area contributed by atoms with Crippen molar-refractivity contribution in [2.24, 2.45) is 0 Å². The minimum absolute atomic E-state index is 0.121. The van der Waals surface area contributed by atoms with E-state index in [-0.39, 0.29) is 31.5 Å². The van der Waals surface area contributed by atoms with E-state index in [1.54, 1.807) is 24.5 Å². The van der Waals surface area contributed by atoms with Gasteiger partial charge in [-0.15, -0.1) is 9.59 Å². The topological polar surface area (TPSA) is 174 Å². The molecular weight excluding hydrogens is 686 g/mol. The van der Waals surface area contributed by atoms with E-state index in [4.69, 9.17) is 75.3 Å². The maximum Gasteiger partial charge on any atom is 0.272 e. The van der Waals surface area contributed by atoms with Crippen molar-refractivity contribution in [2.75, 3.05) is 5.73 Å². The molecule has 0 fully saturated rings. The monoisotopic (exact) mass is 695 g/mol. The average molecular weight is 698 g/mol. The summed E-state index contributed by atoms with van der Waals surface area (Å²) >= 11 is 34.3. The minimum Gasteiger partial charge on any atom is -0.399 e. The van der Waals surface area contributed by atoms with E-state index in [9.17, 15) is 24.6 Å². The molecule has 0 saturated heterocycles. The first-order valence-corrected chi connectivity index (χ1v) is 13.0. The first-order valence-electron chi connectivity index (χ1n) is 10.7. The van der Waals surface area contributed by atoms with Crippen molar-refractivity contribution in [3.05, 3.63) is 117 Å². The summed E-state index contributed by atoms with van der Waals surface area (Å²) in [4.78, 5) is 22.0. The Balaban J connectivity index is 0.000000175. The number of hydrogen-bond donors (Lipinski definition) is 1. The molecular formula is C22H12Cl6FN9O4. The van der Waals surface area contributed by atoms with Gasteiger partial charge in [-0.05, 0) is 12.1 Å². The van der Waals surface area contributed by atoms with Crippen molar-refractivity contribution in [3.63, 3.8) is 0 Å². The standard InChI is InChI=1S/C8H4Cl2N4O2.C8H6Cl2N4.C6H2Cl2FNO2/c9-6-3-5(14(15)16)4-7(10)8(6)13-11-1-2-12-13;9-6-3-5(11)4-7(10)8(6)14-12-1-2-13-14;7-4-1-3(10(11)12)2-5(8)6(4)9/h1-4H;1-4H,11H2;1-2H. The number of aromatic nitrogens is 6. The molecule has 2 N–H and O–H groups in total. The smallest absolute Gasteiger partial charge is 0.272 e. The van der Waals surface area contributed by atoms with Crippen LogP contribution in [0.4, 0.5) is 21.5 Å². The van der Waals surface area contributed by atoms with E-state index in [0.717, 1.165) is 12.1 Å². The highest BCUT2D eigenvalue weighted by molar-refractivity contribution is 6.38. The van der Waals surface area contributed by atoms with Crippen molar-refractivity contribution in [1.29, 1.82) is 0 Å². The van der Waals surface area contributed by atoms with Gasteiger partial charge in [-0.3, -0.25) is 20.2 Å². The molecule has 0 unspecified atom stereocenters. The highest BCUT2D eigenvalue weighted by Gasteiger charge is 2.17. The Kier molecular flexibility index (Phi) is 11.2. The van der Waals surface area contributed by atoms with Crippen LogP contribution in [0.2, 0.25) is 30.1 Å². The molecule has 0 aliphatic rings. The van der Waals surface area contributed by atoms with Gasteiger partial charge in [0.05, 0.1) is 64.8 Å². The Bertz CT molecular complexity index is 1670. The number of hydrogen-bond acceptors (Lipinski definition) is 9. The lowest BCUT2D eigenvalue weighted by molar-refractivity contribution is -0.385. The van der Waals surface area contributed by atoms with Crippen LogP contribution in [0, 0.1) is 26.0 Å². The molecule has 0 spiro atoms. The zero-order valence-corrected chi connectivity index (χ0v) is 24.7. The van der Waals surface area contributed by atoms with Gasteiger partial charge < -0.3 is 5.73 Å². The molecule has 42 heavy (non-hydrogen) atoms. The van der Waals surface area contributed by atoms with Crippen molar-refractivity contribution < 1.29 is 14.2 Å². The molecule has 5 aromatic rings. The predicted octanol–water partition coefficient (Wildman–Crippen LogP) is 7.68. The number of rotatable bonds is 4. The molecule has 0 bridgehead atoms. The van der Waals surface area contributed by atoms with Gasteiger partial charge in [0, 0.05) is 30.0 Å². The molecule has 2 heterocycles. The molecule has 20 heteroatoms. The SMILES string of the molecule is Nc1cc(Cl)c(-n2nccn2)c(Cl)c1.O=[N+]([O-])c1cc(Cl)c(-n2nccn2)c(Cl)c1.O=[N+]([O-])c1cc(Cl)c(F)c(Cl)c1. The lowest BCUT2D eigenvalue weighted by atomic mass is 10.3. The highest BCUT2D eigenvalue weighted by Crippen LogP contribution is 2.32. The van der Waals surface area contributed by atoms with Gasteiger partial charge in [0.15, 0.2) is 5.82 Å². The van der Waals surface area contributed by atoms with Crippen molar-refractivity contribution in [1.82, 2.24) is 30.0 Å². The molecule has 2 aromatic heterocycles. The molecule has 5 rings (SSSR count). The van der Waals surface area contributed by atoms with Crippen LogP contribution < -0.4 is 5.73 Å². The number of nitro groups is 2. The van der Waals surface area contributed by atoms with E-state index >= 15 is 0 Å². The van der Waals surface area contributed by atoms with Gasteiger partial charge in [0.1, 0.15) is 11.4 Å². The van der Waals surface area contributed by atoms with Crippen LogP contribution in [0.5, 0.6) is 0 Å². The van der Waals surface area contributed by atoms with Gasteiger partial charge >= 0.3 is 0 Å². The van der Waals surface area contributed by atoms with E-state index in [2.05, 4.69) is 20.4 Å². The molecule has 0 amide bonds. The minimum atomic E-state index is -0.844. The summed E-state index contributed by atoms with van der Waals surface area (Å²) in [7, 11) is 0. The molecule has 0 aliphatic heterocycles. The van der Waals surface area contributed by atoms with Crippen LogP contribution in [0.1, 0.15) is 0 Å². The number of nitrogen functional groups attached to an aromatic ring is 1. The van der Waals surface area contributed by atoms with Gasteiger partial charge in [0.25, 0.3) is 11.4 Å². The molecule has 13 nitrogen and oxygen atoms in total. The van der Waals surface area contributed by atoms with Gasteiger partial charge in [0.2, 0.25) is 0 Å². The Labute approximate surface area is 264 Å². The van der Waals surface area contributed by atoms with Crippen LogP contribution in [0.15, 0.2) is 61.2 Å². The number of halogens is 7. The van der Waals surface area contributed by atoms with E-state index in [1.807, 2.05) is 0 Å².